The first-order chi connectivity index (χ1) is 15.6. The van der Waals surface area contributed by atoms with E-state index in [9.17, 15) is 26.4 Å². The molecular formula is C20H24F3N5O4S. The van der Waals surface area contributed by atoms with Crippen molar-refractivity contribution in [2.45, 2.75) is 43.0 Å². The van der Waals surface area contributed by atoms with Crippen molar-refractivity contribution in [1.82, 2.24) is 24.0 Å². The van der Waals surface area contributed by atoms with Crippen LogP contribution in [0.5, 0.6) is 5.75 Å². The zero-order valence-electron chi connectivity index (χ0n) is 17.7. The smallest absolute Gasteiger partial charge is 0.406 e. The van der Waals surface area contributed by atoms with Crippen molar-refractivity contribution in [2.24, 2.45) is 5.92 Å². The summed E-state index contributed by atoms with van der Waals surface area (Å²) in [5, 5.41) is 4.15. The van der Waals surface area contributed by atoms with E-state index in [2.05, 4.69) is 14.8 Å². The van der Waals surface area contributed by atoms with Crippen LogP contribution in [0.2, 0.25) is 0 Å². The number of likely N-dealkylation sites (tertiary alicyclic amines) is 1. The molecule has 180 valence electrons. The number of sulfonamides is 1. The van der Waals surface area contributed by atoms with Gasteiger partial charge in [0.1, 0.15) is 18.4 Å². The number of alkyl halides is 3. The summed E-state index contributed by atoms with van der Waals surface area (Å²) in [5.41, 5.74) is 0. The van der Waals surface area contributed by atoms with Crippen LogP contribution < -0.4 is 4.74 Å². The summed E-state index contributed by atoms with van der Waals surface area (Å²) in [5.74, 6) is -0.855. The minimum atomic E-state index is -4.91. The molecule has 0 radical (unpaired) electrons. The third kappa shape index (κ3) is 5.46. The summed E-state index contributed by atoms with van der Waals surface area (Å²) in [4.78, 5) is 18.5. The van der Waals surface area contributed by atoms with Gasteiger partial charge in [-0.2, -0.15) is 9.40 Å². The van der Waals surface area contributed by atoms with Crippen LogP contribution >= 0.6 is 0 Å². The molecule has 0 unspecified atom stereocenters. The second kappa shape index (κ2) is 9.29. The van der Waals surface area contributed by atoms with Crippen molar-refractivity contribution < 1.29 is 31.1 Å². The second-order valence-electron chi connectivity index (χ2n) is 8.13. The van der Waals surface area contributed by atoms with E-state index in [-0.39, 0.29) is 35.9 Å². The number of ether oxygens (including phenoxy) is 1. The van der Waals surface area contributed by atoms with Crippen molar-refractivity contribution in [1.29, 1.82) is 0 Å². The number of carbonyl (C=O) groups excluding carboxylic acids is 1. The van der Waals surface area contributed by atoms with E-state index in [1.165, 1.54) is 22.8 Å². The van der Waals surface area contributed by atoms with E-state index < -0.39 is 22.1 Å². The minimum Gasteiger partial charge on any atom is -0.406 e. The molecule has 0 bridgehead atoms. The summed E-state index contributed by atoms with van der Waals surface area (Å²) in [6.07, 6.45) is 0.518. The number of hydrogen-bond acceptors (Lipinski definition) is 6. The fourth-order valence-corrected chi connectivity index (χ4v) is 5.84. The molecule has 1 amide bonds. The first-order valence-corrected chi connectivity index (χ1v) is 12.1. The van der Waals surface area contributed by atoms with Crippen molar-refractivity contribution in [3.8, 4) is 5.75 Å². The number of hydrogen-bond donors (Lipinski definition) is 0. The van der Waals surface area contributed by atoms with E-state index >= 15 is 0 Å². The number of amides is 1. The maximum absolute atomic E-state index is 13.0. The lowest BCUT2D eigenvalue weighted by atomic mass is 9.95. The predicted octanol–water partition coefficient (Wildman–Crippen LogP) is 2.44. The van der Waals surface area contributed by atoms with Crippen molar-refractivity contribution in [3.05, 3.63) is 36.9 Å². The molecule has 0 saturated carbocycles. The lowest BCUT2D eigenvalue weighted by Gasteiger charge is -2.37. The number of benzene rings is 1. The Kier molecular flexibility index (Phi) is 6.61. The standard InChI is InChI=1S/C20H24F3N5O4S/c21-20(22,23)32-17-2-1-3-18(12-17)33(30,31)27-10-4-15(5-11-27)19(29)26-8-6-16(7-9-26)28-14-24-13-25-28/h1-3,12-16H,4-11H2. The fraction of sp³-hybridized carbons (Fsp3) is 0.550. The maximum atomic E-state index is 13.0. The highest BCUT2D eigenvalue weighted by Crippen LogP contribution is 2.30. The molecule has 1 aromatic heterocycles. The normalized spacial score (nSPS) is 19.5. The average molecular weight is 488 g/mol. The number of aromatic nitrogens is 3. The Morgan fingerprint density at radius 2 is 1.76 bits per heavy atom. The molecule has 13 heteroatoms. The summed E-state index contributed by atoms with van der Waals surface area (Å²) < 4.78 is 70.1. The van der Waals surface area contributed by atoms with Crippen molar-refractivity contribution in [2.75, 3.05) is 26.2 Å². The molecule has 4 rings (SSSR count). The Bertz CT molecular complexity index is 1060. The molecule has 0 aliphatic carbocycles. The Morgan fingerprint density at radius 3 is 2.36 bits per heavy atom. The molecule has 33 heavy (non-hydrogen) atoms. The maximum Gasteiger partial charge on any atom is 0.573 e. The molecule has 0 spiro atoms. The highest BCUT2D eigenvalue weighted by Gasteiger charge is 2.36. The largest absolute Gasteiger partial charge is 0.573 e. The highest BCUT2D eigenvalue weighted by atomic mass is 32.2. The first-order valence-electron chi connectivity index (χ1n) is 10.6. The molecule has 9 nitrogen and oxygen atoms in total. The van der Waals surface area contributed by atoms with Gasteiger partial charge in [0.05, 0.1) is 10.9 Å². The highest BCUT2D eigenvalue weighted by molar-refractivity contribution is 7.89. The molecule has 1 aromatic carbocycles. The Hall–Kier alpha value is -2.67. The van der Waals surface area contributed by atoms with E-state index in [0.717, 1.165) is 25.0 Å². The van der Waals surface area contributed by atoms with Gasteiger partial charge in [0.2, 0.25) is 15.9 Å². The molecule has 2 aliphatic rings. The van der Waals surface area contributed by atoms with Gasteiger partial charge >= 0.3 is 6.36 Å². The van der Waals surface area contributed by atoms with Gasteiger partial charge in [0, 0.05) is 38.2 Å². The molecule has 2 saturated heterocycles. The number of halogens is 3. The van der Waals surface area contributed by atoms with E-state index in [1.807, 2.05) is 4.90 Å². The molecule has 2 aliphatic heterocycles. The van der Waals surface area contributed by atoms with E-state index in [4.69, 9.17) is 0 Å². The first kappa shape index (κ1) is 23.5. The monoisotopic (exact) mass is 487 g/mol. The molecule has 0 N–H and O–H groups in total. The molecule has 0 atom stereocenters. The third-order valence-electron chi connectivity index (χ3n) is 6.07. The van der Waals surface area contributed by atoms with Gasteiger partial charge < -0.3 is 9.64 Å². The van der Waals surface area contributed by atoms with Crippen LogP contribution in [0.15, 0.2) is 41.8 Å². The number of rotatable bonds is 5. The zero-order chi connectivity index (χ0) is 23.6. The number of piperidine rings is 2. The quantitative estimate of drug-likeness (QED) is 0.643. The van der Waals surface area contributed by atoms with Crippen molar-refractivity contribution >= 4 is 15.9 Å². The fourth-order valence-electron chi connectivity index (χ4n) is 4.34. The number of nitrogens with zero attached hydrogens (tertiary/aromatic N) is 5. The number of carbonyl (C=O) groups is 1. The van der Waals surface area contributed by atoms with Crippen LogP contribution in [-0.2, 0) is 14.8 Å². The van der Waals surface area contributed by atoms with Crippen LogP contribution in [0.25, 0.3) is 0 Å². The third-order valence-corrected chi connectivity index (χ3v) is 7.96. The summed E-state index contributed by atoms with van der Waals surface area (Å²) in [7, 11) is -4.00. The van der Waals surface area contributed by atoms with Gasteiger partial charge in [0.15, 0.2) is 0 Å². The van der Waals surface area contributed by atoms with Crippen LogP contribution in [0, 0.1) is 5.92 Å². The Balaban J connectivity index is 1.33. The van der Waals surface area contributed by atoms with Gasteiger partial charge in [-0.15, -0.1) is 13.2 Å². The minimum absolute atomic E-state index is 0.0182. The zero-order valence-corrected chi connectivity index (χ0v) is 18.5. The molecule has 2 fully saturated rings. The molecule has 2 aromatic rings. The van der Waals surface area contributed by atoms with Gasteiger partial charge in [-0.3, -0.25) is 4.79 Å². The Labute approximate surface area is 189 Å². The molecular weight excluding hydrogens is 463 g/mol. The summed E-state index contributed by atoms with van der Waals surface area (Å²) in [6.45, 7) is 1.46. The average Bonchev–Trinajstić information content (AvgIpc) is 3.33. The predicted molar refractivity (Wildman–Crippen MR) is 109 cm³/mol. The van der Waals surface area contributed by atoms with Crippen LogP contribution in [0.1, 0.15) is 31.7 Å². The van der Waals surface area contributed by atoms with Crippen molar-refractivity contribution in [3.63, 3.8) is 0 Å². The van der Waals surface area contributed by atoms with Gasteiger partial charge in [-0.1, -0.05) is 6.07 Å². The summed E-state index contributed by atoms with van der Waals surface area (Å²) >= 11 is 0. The van der Waals surface area contributed by atoms with E-state index in [0.29, 0.717) is 25.9 Å². The second-order valence-corrected chi connectivity index (χ2v) is 10.1. The molecule has 3 heterocycles. The van der Waals surface area contributed by atoms with Crippen LogP contribution in [0.4, 0.5) is 13.2 Å². The van der Waals surface area contributed by atoms with E-state index in [1.54, 1.807) is 11.0 Å². The van der Waals surface area contributed by atoms with Crippen LogP contribution in [-0.4, -0.2) is 70.8 Å². The topological polar surface area (TPSA) is 97.6 Å². The van der Waals surface area contributed by atoms with Gasteiger partial charge in [-0.05, 0) is 37.8 Å². The SMILES string of the molecule is O=C(C1CCN(S(=O)(=O)c2cccc(OC(F)(F)F)c2)CC1)N1CCC(n2cncn2)CC1. The van der Waals surface area contributed by atoms with Gasteiger partial charge in [-0.25, -0.2) is 18.1 Å². The lowest BCUT2D eigenvalue weighted by molar-refractivity contribution is -0.274. The lowest BCUT2D eigenvalue weighted by Crippen LogP contribution is -2.46. The summed E-state index contributed by atoms with van der Waals surface area (Å²) in [6, 6.07) is 4.55. The Morgan fingerprint density at radius 1 is 1.06 bits per heavy atom. The van der Waals surface area contributed by atoms with Gasteiger partial charge in [0.25, 0.3) is 0 Å². The van der Waals surface area contributed by atoms with Crippen LogP contribution in [0.3, 0.4) is 0 Å².